The van der Waals surface area contributed by atoms with E-state index in [1.807, 2.05) is 4.57 Å². The average molecular weight is 406 g/mol. The highest BCUT2D eigenvalue weighted by Crippen LogP contribution is 2.42. The SMILES string of the molecule is CC(C)S(=O)(=O)NCc1cc(-c2cc3cc(F)c(F)cc3n2C2CC2)cnn1. The van der Waals surface area contributed by atoms with E-state index in [1.165, 1.54) is 12.1 Å². The monoisotopic (exact) mass is 406 g/mol. The van der Waals surface area contributed by atoms with E-state index < -0.39 is 26.9 Å². The van der Waals surface area contributed by atoms with Gasteiger partial charge in [0.2, 0.25) is 10.0 Å². The summed E-state index contributed by atoms with van der Waals surface area (Å²) in [5, 5.41) is 8.04. The molecule has 4 rings (SSSR count). The Morgan fingerprint density at radius 1 is 1.18 bits per heavy atom. The Morgan fingerprint density at radius 3 is 2.57 bits per heavy atom. The molecule has 2 heterocycles. The Kier molecular flexibility index (Phi) is 4.67. The zero-order chi connectivity index (χ0) is 20.1. The second-order valence-corrected chi connectivity index (χ2v) is 9.63. The highest BCUT2D eigenvalue weighted by atomic mass is 32.2. The van der Waals surface area contributed by atoms with Gasteiger partial charge in [0, 0.05) is 23.1 Å². The average Bonchev–Trinajstić information content (AvgIpc) is 3.42. The van der Waals surface area contributed by atoms with Crippen LogP contribution in [0.3, 0.4) is 0 Å². The number of nitrogens with zero attached hydrogens (tertiary/aromatic N) is 3. The largest absolute Gasteiger partial charge is 0.337 e. The van der Waals surface area contributed by atoms with Crippen LogP contribution in [0, 0.1) is 11.6 Å². The van der Waals surface area contributed by atoms with E-state index in [-0.39, 0.29) is 12.6 Å². The van der Waals surface area contributed by atoms with Crippen LogP contribution in [0.2, 0.25) is 0 Å². The van der Waals surface area contributed by atoms with Crippen LogP contribution in [-0.2, 0) is 16.6 Å². The molecule has 0 radical (unpaired) electrons. The van der Waals surface area contributed by atoms with Crippen molar-refractivity contribution < 1.29 is 17.2 Å². The van der Waals surface area contributed by atoms with E-state index in [2.05, 4.69) is 14.9 Å². The minimum absolute atomic E-state index is 0.0221. The quantitative estimate of drug-likeness (QED) is 0.679. The summed E-state index contributed by atoms with van der Waals surface area (Å²) < 4.78 is 55.9. The molecule has 0 amide bonds. The van der Waals surface area contributed by atoms with Gasteiger partial charge in [0.15, 0.2) is 11.6 Å². The number of nitrogens with one attached hydrogen (secondary N) is 1. The smallest absolute Gasteiger partial charge is 0.214 e. The van der Waals surface area contributed by atoms with Gasteiger partial charge in [-0.05, 0) is 44.9 Å². The molecule has 1 saturated carbocycles. The zero-order valence-corrected chi connectivity index (χ0v) is 16.3. The first kappa shape index (κ1) is 18.9. The third kappa shape index (κ3) is 3.51. The Labute approximate surface area is 161 Å². The van der Waals surface area contributed by atoms with Crippen LogP contribution < -0.4 is 4.72 Å². The summed E-state index contributed by atoms with van der Waals surface area (Å²) in [5.41, 5.74) is 2.60. The fourth-order valence-corrected chi connectivity index (χ4v) is 3.83. The van der Waals surface area contributed by atoms with Crippen molar-refractivity contribution in [3.8, 4) is 11.3 Å². The van der Waals surface area contributed by atoms with E-state index in [0.717, 1.165) is 24.1 Å². The van der Waals surface area contributed by atoms with E-state index in [9.17, 15) is 17.2 Å². The summed E-state index contributed by atoms with van der Waals surface area (Å²) in [4.78, 5) is 0. The number of rotatable bonds is 6. The van der Waals surface area contributed by atoms with Gasteiger partial charge in [0.1, 0.15) is 0 Å². The number of aromatic nitrogens is 3. The van der Waals surface area contributed by atoms with Gasteiger partial charge in [-0.3, -0.25) is 0 Å². The molecular formula is C19H20F2N4O2S. The Bertz CT molecular complexity index is 1150. The molecule has 0 bridgehead atoms. The lowest BCUT2D eigenvalue weighted by molar-refractivity contribution is 0.510. The van der Waals surface area contributed by atoms with Gasteiger partial charge < -0.3 is 4.57 Å². The highest BCUT2D eigenvalue weighted by molar-refractivity contribution is 7.90. The van der Waals surface area contributed by atoms with Crippen LogP contribution in [0.15, 0.2) is 30.5 Å². The van der Waals surface area contributed by atoms with Crippen LogP contribution in [-0.4, -0.2) is 28.4 Å². The minimum atomic E-state index is -3.42. The van der Waals surface area contributed by atoms with Crippen molar-refractivity contribution in [1.29, 1.82) is 0 Å². The summed E-state index contributed by atoms with van der Waals surface area (Å²) in [6.45, 7) is 3.21. The highest BCUT2D eigenvalue weighted by Gasteiger charge is 2.28. The standard InChI is InChI=1S/C19H20F2N4O2S/c1-11(2)28(26,27)23-10-14-5-13(9-22-24-14)18-7-12-6-16(20)17(21)8-19(12)25(18)15-3-4-15/h5-9,11,15,23H,3-4,10H2,1-2H3. The van der Waals surface area contributed by atoms with E-state index >= 15 is 0 Å². The molecule has 1 N–H and O–H groups in total. The molecule has 0 atom stereocenters. The molecule has 0 unspecified atom stereocenters. The van der Waals surface area contributed by atoms with E-state index in [0.29, 0.717) is 16.6 Å². The molecule has 1 fully saturated rings. The second-order valence-electron chi connectivity index (χ2n) is 7.31. The molecule has 0 spiro atoms. The maximum Gasteiger partial charge on any atom is 0.214 e. The zero-order valence-electron chi connectivity index (χ0n) is 15.5. The number of hydrogen-bond donors (Lipinski definition) is 1. The Hall–Kier alpha value is -2.39. The Balaban J connectivity index is 1.73. The molecule has 1 aliphatic carbocycles. The summed E-state index contributed by atoms with van der Waals surface area (Å²) in [7, 11) is -3.42. The molecule has 0 aliphatic heterocycles. The van der Waals surface area contributed by atoms with Crippen molar-refractivity contribution >= 4 is 20.9 Å². The van der Waals surface area contributed by atoms with Gasteiger partial charge in [0.05, 0.1) is 34.9 Å². The lowest BCUT2D eigenvalue weighted by atomic mass is 10.2. The van der Waals surface area contributed by atoms with Gasteiger partial charge in [-0.25, -0.2) is 21.9 Å². The summed E-state index contributed by atoms with van der Waals surface area (Å²) >= 11 is 0. The molecule has 1 aliphatic rings. The van der Waals surface area contributed by atoms with Gasteiger partial charge in [0.25, 0.3) is 0 Å². The first-order valence-electron chi connectivity index (χ1n) is 9.06. The minimum Gasteiger partial charge on any atom is -0.337 e. The van der Waals surface area contributed by atoms with Crippen LogP contribution in [0.5, 0.6) is 0 Å². The van der Waals surface area contributed by atoms with Crippen LogP contribution in [0.4, 0.5) is 8.78 Å². The van der Waals surface area contributed by atoms with Crippen molar-refractivity contribution in [2.45, 2.75) is 44.5 Å². The first-order valence-corrected chi connectivity index (χ1v) is 10.6. The number of halogens is 2. The summed E-state index contributed by atoms with van der Waals surface area (Å²) in [5.74, 6) is -1.76. The maximum atomic E-state index is 13.8. The molecule has 0 saturated heterocycles. The van der Waals surface area contributed by atoms with Crippen molar-refractivity contribution in [3.05, 3.63) is 47.8 Å². The fourth-order valence-electron chi connectivity index (χ4n) is 3.15. The Morgan fingerprint density at radius 2 is 1.89 bits per heavy atom. The molecule has 3 aromatic rings. The van der Waals surface area contributed by atoms with Crippen molar-refractivity contribution in [1.82, 2.24) is 19.5 Å². The van der Waals surface area contributed by atoms with Crippen LogP contribution >= 0.6 is 0 Å². The molecule has 9 heteroatoms. The number of benzene rings is 1. The first-order chi connectivity index (χ1) is 13.3. The van der Waals surface area contributed by atoms with Gasteiger partial charge in [-0.2, -0.15) is 10.2 Å². The van der Waals surface area contributed by atoms with E-state index in [1.54, 1.807) is 32.2 Å². The molecule has 148 valence electrons. The predicted octanol–water partition coefficient (Wildman–Crippen LogP) is 3.54. The van der Waals surface area contributed by atoms with Crippen molar-refractivity contribution in [2.24, 2.45) is 0 Å². The number of fused-ring (bicyclic) bond motifs is 1. The lowest BCUT2D eigenvalue weighted by Crippen LogP contribution is -2.30. The topological polar surface area (TPSA) is 76.9 Å². The maximum absolute atomic E-state index is 13.8. The fraction of sp³-hybridized carbons (Fsp3) is 0.368. The number of hydrogen-bond acceptors (Lipinski definition) is 4. The van der Waals surface area contributed by atoms with Crippen molar-refractivity contribution in [2.75, 3.05) is 0 Å². The molecular weight excluding hydrogens is 386 g/mol. The second kappa shape index (κ2) is 6.89. The van der Waals surface area contributed by atoms with E-state index in [4.69, 9.17) is 0 Å². The summed E-state index contributed by atoms with van der Waals surface area (Å²) in [6, 6.07) is 6.19. The summed E-state index contributed by atoms with van der Waals surface area (Å²) in [6.07, 6.45) is 3.50. The van der Waals surface area contributed by atoms with Gasteiger partial charge in [-0.1, -0.05) is 0 Å². The molecule has 6 nitrogen and oxygen atoms in total. The third-order valence-corrected chi connectivity index (χ3v) is 6.66. The lowest BCUT2D eigenvalue weighted by Gasteiger charge is -2.11. The predicted molar refractivity (Wildman–Crippen MR) is 102 cm³/mol. The van der Waals surface area contributed by atoms with Crippen molar-refractivity contribution in [3.63, 3.8) is 0 Å². The van der Waals surface area contributed by atoms with Gasteiger partial charge >= 0.3 is 0 Å². The molecule has 28 heavy (non-hydrogen) atoms. The van der Waals surface area contributed by atoms with Gasteiger partial charge in [-0.15, -0.1) is 0 Å². The van der Waals surface area contributed by atoms with Crippen LogP contribution in [0.25, 0.3) is 22.2 Å². The molecule has 2 aromatic heterocycles. The third-order valence-electron chi connectivity index (χ3n) is 4.87. The molecule has 1 aromatic carbocycles. The normalized spacial score (nSPS) is 14.9. The van der Waals surface area contributed by atoms with Crippen LogP contribution in [0.1, 0.15) is 38.4 Å². The number of sulfonamides is 1.